The third-order valence-corrected chi connectivity index (χ3v) is 9.41. The molecule has 0 amide bonds. The van der Waals surface area contributed by atoms with E-state index >= 15 is 0 Å². The molecule has 5 nitrogen and oxygen atoms in total. The fourth-order valence-electron chi connectivity index (χ4n) is 8.18. The number of aryl methyl sites for hydroxylation is 1. The molecule has 0 fully saturated rings. The Hall–Kier alpha value is -4.64. The Morgan fingerprint density at radius 3 is 1.75 bits per heavy atom. The number of hydrogen-bond donors (Lipinski definition) is 0. The normalized spacial score (nSPS) is 19.1. The fourth-order valence-corrected chi connectivity index (χ4v) is 8.18. The molecule has 1 atom stereocenters. The lowest BCUT2D eigenvalue weighted by molar-refractivity contribution is -0.147. The van der Waals surface area contributed by atoms with E-state index in [-0.39, 0.29) is 17.9 Å². The van der Waals surface area contributed by atoms with E-state index in [1.165, 1.54) is 5.56 Å². The first-order chi connectivity index (χ1) is 21.2. The zero-order valence-electron chi connectivity index (χ0n) is 25.9. The standard InChI is InChI=1S/C39H37NO4/c1-24(2)43-36(41)34-35(37(42)44-25(3)4)40-23-22-27-15-7-11-19-31(27)39(40,30-18-10-6-14-26(30)5)38(34)32-20-12-8-16-28(32)29-17-9-13-21-33(29)38/h6-21,24-25H,22-23H2,1-5H3. The largest absolute Gasteiger partial charge is 0.460 e. The van der Waals surface area contributed by atoms with E-state index in [4.69, 9.17) is 9.47 Å². The van der Waals surface area contributed by atoms with Crippen LogP contribution < -0.4 is 0 Å². The molecule has 44 heavy (non-hydrogen) atoms. The number of carbonyl (C=O) groups excluding carboxylic acids is 2. The molecule has 5 heteroatoms. The first-order valence-electron chi connectivity index (χ1n) is 15.5. The molecule has 1 spiro atoms. The van der Waals surface area contributed by atoms with Crippen molar-refractivity contribution in [3.63, 3.8) is 0 Å². The second-order valence-corrected chi connectivity index (χ2v) is 12.6. The van der Waals surface area contributed by atoms with E-state index in [9.17, 15) is 9.59 Å². The molecule has 1 aliphatic carbocycles. The van der Waals surface area contributed by atoms with Crippen LogP contribution in [0.15, 0.2) is 108 Å². The van der Waals surface area contributed by atoms with Gasteiger partial charge in [0.05, 0.1) is 23.2 Å². The van der Waals surface area contributed by atoms with Crippen LogP contribution in [0.3, 0.4) is 0 Å². The van der Waals surface area contributed by atoms with E-state index in [0.717, 1.165) is 38.9 Å². The van der Waals surface area contributed by atoms with Crippen LogP contribution in [0.5, 0.6) is 0 Å². The minimum absolute atomic E-state index is 0.286. The summed E-state index contributed by atoms with van der Waals surface area (Å²) in [5.74, 6) is -1.01. The van der Waals surface area contributed by atoms with Crippen LogP contribution in [0.25, 0.3) is 11.1 Å². The van der Waals surface area contributed by atoms with E-state index in [1.807, 2.05) is 58.0 Å². The van der Waals surface area contributed by atoms with Gasteiger partial charge in [-0.25, -0.2) is 9.59 Å². The molecule has 0 saturated carbocycles. The van der Waals surface area contributed by atoms with Crippen molar-refractivity contribution < 1.29 is 19.1 Å². The topological polar surface area (TPSA) is 55.8 Å². The van der Waals surface area contributed by atoms with Gasteiger partial charge in [-0.1, -0.05) is 97.1 Å². The maximum Gasteiger partial charge on any atom is 0.355 e. The molecule has 222 valence electrons. The number of esters is 2. The molecule has 0 radical (unpaired) electrons. The van der Waals surface area contributed by atoms with Gasteiger partial charge in [-0.15, -0.1) is 0 Å². The summed E-state index contributed by atoms with van der Waals surface area (Å²) in [6.07, 6.45) is -0.0450. The predicted molar refractivity (Wildman–Crippen MR) is 171 cm³/mol. The summed E-state index contributed by atoms with van der Waals surface area (Å²) >= 11 is 0. The van der Waals surface area contributed by atoms with Gasteiger partial charge in [0, 0.05) is 6.54 Å². The maximum absolute atomic E-state index is 14.8. The molecule has 4 aromatic carbocycles. The summed E-state index contributed by atoms with van der Waals surface area (Å²) in [7, 11) is 0. The summed E-state index contributed by atoms with van der Waals surface area (Å²) in [6, 6.07) is 33.6. The van der Waals surface area contributed by atoms with Crippen LogP contribution in [0, 0.1) is 6.92 Å². The summed E-state index contributed by atoms with van der Waals surface area (Å²) in [4.78, 5) is 31.5. The highest BCUT2D eigenvalue weighted by Gasteiger charge is 2.73. The van der Waals surface area contributed by atoms with Crippen LogP contribution in [0.1, 0.15) is 61.1 Å². The Bertz CT molecular complexity index is 1800. The van der Waals surface area contributed by atoms with Crippen molar-refractivity contribution in [2.24, 2.45) is 0 Å². The molecule has 0 N–H and O–H groups in total. The molecular weight excluding hydrogens is 546 g/mol. The molecule has 2 heterocycles. The van der Waals surface area contributed by atoms with Gasteiger partial charge in [-0.2, -0.15) is 0 Å². The van der Waals surface area contributed by atoms with Gasteiger partial charge in [0.1, 0.15) is 11.2 Å². The van der Waals surface area contributed by atoms with Gasteiger partial charge in [-0.3, -0.25) is 0 Å². The van der Waals surface area contributed by atoms with Crippen LogP contribution in [0.2, 0.25) is 0 Å². The Morgan fingerprint density at radius 1 is 0.659 bits per heavy atom. The third-order valence-electron chi connectivity index (χ3n) is 9.41. The number of fused-ring (bicyclic) bond motifs is 9. The average Bonchev–Trinajstić information content (AvgIpc) is 3.46. The Balaban J connectivity index is 1.76. The second-order valence-electron chi connectivity index (χ2n) is 12.6. The van der Waals surface area contributed by atoms with Gasteiger partial charge in [0.15, 0.2) is 0 Å². The lowest BCUT2D eigenvalue weighted by Crippen LogP contribution is -2.59. The fraction of sp³-hybridized carbons (Fsp3) is 0.282. The number of hydrogen-bond acceptors (Lipinski definition) is 5. The smallest absolute Gasteiger partial charge is 0.355 e. The Labute approximate surface area is 259 Å². The number of nitrogens with zero attached hydrogens (tertiary/aromatic N) is 1. The average molecular weight is 584 g/mol. The van der Waals surface area contributed by atoms with Crippen molar-refractivity contribution in [3.8, 4) is 11.1 Å². The second kappa shape index (κ2) is 10.2. The summed E-state index contributed by atoms with van der Waals surface area (Å²) in [5, 5.41) is 0. The molecule has 0 saturated heterocycles. The van der Waals surface area contributed by atoms with Crippen LogP contribution in [-0.2, 0) is 36.4 Å². The van der Waals surface area contributed by atoms with Gasteiger partial charge in [0.25, 0.3) is 0 Å². The van der Waals surface area contributed by atoms with Gasteiger partial charge >= 0.3 is 11.9 Å². The first kappa shape index (κ1) is 28.1. The molecule has 3 aliphatic rings. The van der Waals surface area contributed by atoms with E-state index in [2.05, 4.69) is 78.6 Å². The molecule has 0 aromatic heterocycles. The summed E-state index contributed by atoms with van der Waals surface area (Å²) < 4.78 is 12.1. The lowest BCUT2D eigenvalue weighted by Gasteiger charge is -2.55. The maximum atomic E-state index is 14.8. The first-order valence-corrected chi connectivity index (χ1v) is 15.5. The summed E-state index contributed by atoms with van der Waals surface area (Å²) in [5.41, 5.74) is 6.96. The highest BCUT2D eigenvalue weighted by Crippen LogP contribution is 2.70. The number of ether oxygens (including phenoxy) is 2. The van der Waals surface area contributed by atoms with Crippen molar-refractivity contribution >= 4 is 11.9 Å². The van der Waals surface area contributed by atoms with Crippen molar-refractivity contribution in [1.29, 1.82) is 0 Å². The van der Waals surface area contributed by atoms with Gasteiger partial charge < -0.3 is 14.4 Å². The number of carbonyl (C=O) groups is 2. The Morgan fingerprint density at radius 2 is 1.16 bits per heavy atom. The monoisotopic (exact) mass is 583 g/mol. The van der Waals surface area contributed by atoms with Crippen molar-refractivity contribution in [2.75, 3.05) is 6.54 Å². The molecule has 1 unspecified atom stereocenters. The van der Waals surface area contributed by atoms with E-state index < -0.39 is 22.9 Å². The van der Waals surface area contributed by atoms with Crippen LogP contribution in [0.4, 0.5) is 0 Å². The van der Waals surface area contributed by atoms with E-state index in [0.29, 0.717) is 18.5 Å². The van der Waals surface area contributed by atoms with Crippen molar-refractivity contribution in [1.82, 2.24) is 4.90 Å². The van der Waals surface area contributed by atoms with Crippen LogP contribution in [-0.4, -0.2) is 35.6 Å². The molecule has 2 aliphatic heterocycles. The zero-order chi connectivity index (χ0) is 30.8. The van der Waals surface area contributed by atoms with E-state index in [1.54, 1.807) is 0 Å². The Kier molecular flexibility index (Phi) is 6.54. The predicted octanol–water partition coefficient (Wildman–Crippen LogP) is 7.23. The summed E-state index contributed by atoms with van der Waals surface area (Å²) in [6.45, 7) is 10.0. The third kappa shape index (κ3) is 3.59. The minimum Gasteiger partial charge on any atom is -0.460 e. The SMILES string of the molecule is Cc1ccccc1C12c3ccccc3CCN1C(C(=O)OC(C)C)=C(C(=O)OC(C)C)C21c2ccccc2-c2ccccc21. The number of benzene rings is 4. The minimum atomic E-state index is -1.12. The van der Waals surface area contributed by atoms with Gasteiger partial charge in [0.2, 0.25) is 0 Å². The number of rotatable bonds is 5. The quantitative estimate of drug-likeness (QED) is 0.232. The van der Waals surface area contributed by atoms with Crippen LogP contribution >= 0.6 is 0 Å². The molecular formula is C39H37NO4. The highest BCUT2D eigenvalue weighted by molar-refractivity contribution is 6.08. The van der Waals surface area contributed by atoms with Crippen molar-refractivity contribution in [2.45, 2.75) is 64.2 Å². The molecule has 0 bridgehead atoms. The molecule has 7 rings (SSSR count). The van der Waals surface area contributed by atoms with Crippen molar-refractivity contribution in [3.05, 3.63) is 142 Å². The molecule has 4 aromatic rings. The zero-order valence-corrected chi connectivity index (χ0v) is 25.9. The lowest BCUT2D eigenvalue weighted by atomic mass is 9.54. The highest BCUT2D eigenvalue weighted by atomic mass is 16.5. The van der Waals surface area contributed by atoms with Gasteiger partial charge in [-0.05, 0) is 85.5 Å².